The fourth-order valence-electron chi connectivity index (χ4n) is 2.97. The van der Waals surface area contributed by atoms with Gasteiger partial charge >= 0.3 is 0 Å². The van der Waals surface area contributed by atoms with E-state index in [1.807, 2.05) is 10.6 Å². The van der Waals surface area contributed by atoms with Gasteiger partial charge in [-0.1, -0.05) is 6.07 Å². The summed E-state index contributed by atoms with van der Waals surface area (Å²) in [7, 11) is 0. The van der Waals surface area contributed by atoms with Crippen LogP contribution >= 0.6 is 0 Å². The van der Waals surface area contributed by atoms with Crippen LogP contribution in [0.2, 0.25) is 0 Å². The van der Waals surface area contributed by atoms with Gasteiger partial charge in [-0.15, -0.1) is 10.2 Å². The summed E-state index contributed by atoms with van der Waals surface area (Å²) in [5.41, 5.74) is 0.759. The molecule has 3 aromatic rings. The van der Waals surface area contributed by atoms with Crippen molar-refractivity contribution in [3.05, 3.63) is 42.4 Å². The van der Waals surface area contributed by atoms with E-state index in [0.717, 1.165) is 12.8 Å². The van der Waals surface area contributed by atoms with E-state index >= 15 is 0 Å². The molecule has 27 heavy (non-hydrogen) atoms. The lowest BCUT2D eigenvalue weighted by Crippen LogP contribution is -2.17. The number of rotatable bonds is 0. The molecule has 2 bridgehead atoms. The topological polar surface area (TPSA) is 115 Å². The molecule has 0 saturated heterocycles. The highest BCUT2D eigenvalue weighted by molar-refractivity contribution is 6.05. The van der Waals surface area contributed by atoms with Gasteiger partial charge in [0.2, 0.25) is 5.88 Å². The summed E-state index contributed by atoms with van der Waals surface area (Å²) in [5.74, 6) is 0.584. The fourth-order valence-corrected chi connectivity index (χ4v) is 2.97. The number of pyridine rings is 2. The van der Waals surface area contributed by atoms with E-state index in [1.165, 1.54) is 12.3 Å². The van der Waals surface area contributed by atoms with Crippen molar-refractivity contribution in [3.8, 4) is 23.1 Å². The van der Waals surface area contributed by atoms with Gasteiger partial charge in [-0.05, 0) is 38.0 Å². The monoisotopic (exact) mass is 366 g/mol. The van der Waals surface area contributed by atoms with E-state index in [0.29, 0.717) is 23.9 Å². The van der Waals surface area contributed by atoms with Crippen molar-refractivity contribution in [2.24, 2.45) is 0 Å². The van der Waals surface area contributed by atoms with E-state index in [-0.39, 0.29) is 23.2 Å². The Morgan fingerprint density at radius 2 is 2.26 bits per heavy atom. The van der Waals surface area contributed by atoms with Crippen molar-refractivity contribution in [2.45, 2.75) is 25.8 Å². The van der Waals surface area contributed by atoms with Crippen LogP contribution in [0, 0.1) is 0 Å². The van der Waals surface area contributed by atoms with Crippen molar-refractivity contribution in [3.63, 3.8) is 0 Å². The molecule has 0 spiro atoms. The minimum atomic E-state index is -0.468. The Morgan fingerprint density at radius 1 is 1.37 bits per heavy atom. The lowest BCUT2D eigenvalue weighted by atomic mass is 10.1. The number of anilines is 1. The zero-order valence-corrected chi connectivity index (χ0v) is 14.7. The second-order valence-electron chi connectivity index (χ2n) is 6.31. The first-order chi connectivity index (χ1) is 13.1. The number of amides is 1. The first-order valence-electron chi connectivity index (χ1n) is 8.62. The number of aromatic nitrogens is 5. The number of ether oxygens (including phenoxy) is 1. The third-order valence-electron chi connectivity index (χ3n) is 4.35. The summed E-state index contributed by atoms with van der Waals surface area (Å²) in [5, 5.41) is 20.6. The molecule has 1 aliphatic heterocycles. The molecule has 3 aromatic heterocycles. The molecule has 0 fully saturated rings. The Labute approximate surface area is 155 Å². The normalized spacial score (nSPS) is 17.1. The van der Waals surface area contributed by atoms with Gasteiger partial charge in [0.05, 0.1) is 12.8 Å². The highest BCUT2D eigenvalue weighted by atomic mass is 16.5. The first-order valence-corrected chi connectivity index (χ1v) is 8.62. The van der Waals surface area contributed by atoms with Crippen LogP contribution in [-0.2, 0) is 0 Å². The summed E-state index contributed by atoms with van der Waals surface area (Å²) >= 11 is 0. The van der Waals surface area contributed by atoms with E-state index in [2.05, 4.69) is 32.4 Å². The number of nitrogens with zero attached hydrogens (tertiary/aromatic N) is 5. The SMILES string of the molecule is C[C@H]1CCCOc2ncc(O)cc2C(=O)Nc2cccc(n2)-c2nncn21. The van der Waals surface area contributed by atoms with Gasteiger partial charge in [0, 0.05) is 6.04 Å². The average Bonchev–Trinajstić information content (AvgIpc) is 3.15. The van der Waals surface area contributed by atoms with Crippen molar-refractivity contribution in [2.75, 3.05) is 11.9 Å². The zero-order chi connectivity index (χ0) is 18.8. The van der Waals surface area contributed by atoms with E-state index in [1.54, 1.807) is 18.5 Å². The van der Waals surface area contributed by atoms with Crippen LogP contribution in [0.5, 0.6) is 11.6 Å². The summed E-state index contributed by atoms with van der Waals surface area (Å²) in [6.07, 6.45) is 4.50. The molecule has 4 rings (SSSR count). The maximum absolute atomic E-state index is 12.7. The molecule has 0 unspecified atom stereocenters. The predicted molar refractivity (Wildman–Crippen MR) is 96.5 cm³/mol. The Balaban J connectivity index is 1.77. The number of nitrogens with one attached hydrogen (secondary N) is 1. The molecular formula is C18H18N6O3. The van der Waals surface area contributed by atoms with E-state index in [4.69, 9.17) is 4.74 Å². The highest BCUT2D eigenvalue weighted by Gasteiger charge is 2.19. The van der Waals surface area contributed by atoms with Crippen LogP contribution in [0.4, 0.5) is 5.82 Å². The Bertz CT molecular complexity index is 987. The number of carbonyl (C=O) groups is 1. The molecular weight excluding hydrogens is 348 g/mol. The van der Waals surface area contributed by atoms with Crippen molar-refractivity contribution < 1.29 is 14.6 Å². The molecule has 9 nitrogen and oxygen atoms in total. The van der Waals surface area contributed by atoms with Gasteiger partial charge in [-0.3, -0.25) is 4.79 Å². The van der Waals surface area contributed by atoms with Crippen LogP contribution < -0.4 is 10.1 Å². The minimum absolute atomic E-state index is 0.114. The Morgan fingerprint density at radius 3 is 3.15 bits per heavy atom. The van der Waals surface area contributed by atoms with Crippen LogP contribution in [0.3, 0.4) is 0 Å². The molecule has 0 radical (unpaired) electrons. The standard InChI is InChI=1S/C18H18N6O3/c1-11-4-3-7-27-18-13(8-12(25)9-19-18)17(26)22-15-6-2-5-14(21-15)16-23-20-10-24(11)16/h2,5-6,8-11,25H,3-4,7H2,1H3,(H,21,22,26)/t11-/m0/s1. The summed E-state index contributed by atoms with van der Waals surface area (Å²) in [6.45, 7) is 2.47. The third kappa shape index (κ3) is 3.43. The van der Waals surface area contributed by atoms with Crippen LogP contribution in [0.1, 0.15) is 36.2 Å². The maximum atomic E-state index is 12.7. The summed E-state index contributed by atoms with van der Waals surface area (Å²) in [6, 6.07) is 6.75. The molecule has 0 saturated carbocycles. The average molecular weight is 366 g/mol. The number of carbonyl (C=O) groups excluding carboxylic acids is 1. The summed E-state index contributed by atoms with van der Waals surface area (Å²) in [4.78, 5) is 21.2. The molecule has 1 amide bonds. The van der Waals surface area contributed by atoms with E-state index in [9.17, 15) is 9.90 Å². The van der Waals surface area contributed by atoms with Gasteiger partial charge in [0.1, 0.15) is 29.2 Å². The number of fused-ring (bicyclic) bond motifs is 5. The van der Waals surface area contributed by atoms with Gasteiger partial charge in [-0.25, -0.2) is 9.97 Å². The van der Waals surface area contributed by atoms with Crippen LogP contribution in [-0.4, -0.2) is 42.4 Å². The number of hydrogen-bond donors (Lipinski definition) is 2. The highest BCUT2D eigenvalue weighted by Crippen LogP contribution is 2.25. The van der Waals surface area contributed by atoms with Crippen molar-refractivity contribution in [1.29, 1.82) is 0 Å². The molecule has 2 N–H and O–H groups in total. The van der Waals surface area contributed by atoms with Gasteiger partial charge in [0.15, 0.2) is 5.82 Å². The lowest BCUT2D eigenvalue weighted by Gasteiger charge is -2.17. The second kappa shape index (κ2) is 7.02. The number of aromatic hydroxyl groups is 1. The quantitative estimate of drug-likeness (QED) is 0.628. The van der Waals surface area contributed by atoms with Gasteiger partial charge in [-0.2, -0.15) is 0 Å². The molecule has 4 heterocycles. The third-order valence-corrected chi connectivity index (χ3v) is 4.35. The van der Waals surface area contributed by atoms with Crippen molar-refractivity contribution in [1.82, 2.24) is 24.7 Å². The Kier molecular flexibility index (Phi) is 4.41. The van der Waals surface area contributed by atoms with Crippen LogP contribution in [0.15, 0.2) is 36.8 Å². The van der Waals surface area contributed by atoms with Gasteiger partial charge in [0.25, 0.3) is 5.91 Å². The minimum Gasteiger partial charge on any atom is -0.506 e. The van der Waals surface area contributed by atoms with Crippen molar-refractivity contribution >= 4 is 11.7 Å². The molecule has 1 atom stereocenters. The predicted octanol–water partition coefficient (Wildman–Crippen LogP) is 2.43. The Hall–Kier alpha value is -3.49. The lowest BCUT2D eigenvalue weighted by molar-refractivity contribution is 0.102. The largest absolute Gasteiger partial charge is 0.506 e. The molecule has 0 aliphatic carbocycles. The maximum Gasteiger partial charge on any atom is 0.262 e. The van der Waals surface area contributed by atoms with Gasteiger partial charge < -0.3 is 19.7 Å². The molecule has 1 aliphatic rings. The first kappa shape index (κ1) is 17.0. The molecule has 138 valence electrons. The number of hydrogen-bond acceptors (Lipinski definition) is 7. The second-order valence-corrected chi connectivity index (χ2v) is 6.31. The van der Waals surface area contributed by atoms with E-state index < -0.39 is 5.91 Å². The fraction of sp³-hybridized carbons (Fsp3) is 0.278. The van der Waals surface area contributed by atoms with Crippen LogP contribution in [0.25, 0.3) is 11.5 Å². The smallest absolute Gasteiger partial charge is 0.262 e. The molecule has 0 aromatic carbocycles. The zero-order valence-electron chi connectivity index (χ0n) is 14.7. The summed E-state index contributed by atoms with van der Waals surface area (Å²) < 4.78 is 7.65. The molecule has 9 heteroatoms.